The number of carbonyl (C=O) groups excluding carboxylic acids is 1. The lowest BCUT2D eigenvalue weighted by Gasteiger charge is -2.39. The van der Waals surface area contributed by atoms with Crippen LogP contribution in [0.25, 0.3) is 0 Å². The van der Waals surface area contributed by atoms with E-state index in [0.717, 1.165) is 55.8 Å². The van der Waals surface area contributed by atoms with E-state index in [9.17, 15) is 4.79 Å². The number of hydrogen-bond acceptors (Lipinski definition) is 4. The smallest absolute Gasteiger partial charge is 0.228 e. The van der Waals surface area contributed by atoms with Gasteiger partial charge < -0.3 is 5.32 Å². The van der Waals surface area contributed by atoms with Crippen LogP contribution in [0, 0.1) is 6.92 Å². The molecule has 2 fully saturated rings. The number of piperidine rings is 1. The summed E-state index contributed by atoms with van der Waals surface area (Å²) in [5.74, 6) is 0.132. The van der Waals surface area contributed by atoms with Crippen LogP contribution in [0.3, 0.4) is 0 Å². The first-order valence-corrected chi connectivity index (χ1v) is 9.00. The molecule has 4 heterocycles. The molecule has 1 atom stereocenters. The molecule has 130 valence electrons. The Morgan fingerprint density at radius 3 is 2.68 bits per heavy atom. The van der Waals surface area contributed by atoms with E-state index in [0.29, 0.717) is 0 Å². The molecule has 2 aliphatic rings. The molecule has 0 saturated carbocycles. The Labute approximate surface area is 148 Å². The highest BCUT2D eigenvalue weighted by Gasteiger charge is 2.46. The zero-order valence-corrected chi connectivity index (χ0v) is 14.6. The summed E-state index contributed by atoms with van der Waals surface area (Å²) in [6.45, 7) is 4.92. The molecule has 2 aromatic rings. The fourth-order valence-electron chi connectivity index (χ4n) is 4.13. The second-order valence-corrected chi connectivity index (χ2v) is 7.35. The van der Waals surface area contributed by atoms with Crippen molar-refractivity contribution in [3.8, 4) is 0 Å². The van der Waals surface area contributed by atoms with Gasteiger partial charge in [0.1, 0.15) is 0 Å². The molecule has 0 aromatic carbocycles. The highest BCUT2D eigenvalue weighted by Crippen LogP contribution is 2.39. The predicted molar refractivity (Wildman–Crippen MR) is 96.0 cm³/mol. The van der Waals surface area contributed by atoms with Crippen LogP contribution in [-0.2, 0) is 11.3 Å². The minimum atomic E-state index is -0.0401. The minimum Gasteiger partial charge on any atom is -0.350 e. The van der Waals surface area contributed by atoms with Gasteiger partial charge in [0.05, 0.1) is 11.6 Å². The Morgan fingerprint density at radius 1 is 1.20 bits per heavy atom. The molecule has 0 unspecified atom stereocenters. The van der Waals surface area contributed by atoms with Gasteiger partial charge in [-0.15, -0.1) is 0 Å². The lowest BCUT2D eigenvalue weighted by Crippen LogP contribution is -2.50. The van der Waals surface area contributed by atoms with E-state index in [1.807, 2.05) is 25.1 Å². The molecule has 2 saturated heterocycles. The van der Waals surface area contributed by atoms with Gasteiger partial charge >= 0.3 is 0 Å². The van der Waals surface area contributed by atoms with Crippen molar-refractivity contribution < 1.29 is 4.79 Å². The van der Waals surface area contributed by atoms with Crippen molar-refractivity contribution in [1.82, 2.24) is 20.2 Å². The highest BCUT2D eigenvalue weighted by molar-refractivity contribution is 5.87. The monoisotopic (exact) mass is 336 g/mol. The van der Waals surface area contributed by atoms with Crippen LogP contribution in [0.15, 0.2) is 42.7 Å². The molecule has 1 amide bonds. The number of likely N-dealkylation sites (tertiary alicyclic amines) is 1. The van der Waals surface area contributed by atoms with Crippen molar-refractivity contribution in [3.63, 3.8) is 0 Å². The molecule has 5 nitrogen and oxygen atoms in total. The zero-order chi connectivity index (χ0) is 17.3. The average Bonchev–Trinajstić information content (AvgIpc) is 2.94. The summed E-state index contributed by atoms with van der Waals surface area (Å²) in [6, 6.07) is 10.1. The molecule has 5 heteroatoms. The van der Waals surface area contributed by atoms with Crippen LogP contribution in [0.2, 0.25) is 0 Å². The number of aryl methyl sites for hydroxylation is 1. The molecule has 25 heavy (non-hydrogen) atoms. The number of amides is 1. The fraction of sp³-hybridized carbons (Fsp3) is 0.450. The molecule has 2 aliphatic heterocycles. The normalized spacial score (nSPS) is 22.9. The average molecular weight is 336 g/mol. The largest absolute Gasteiger partial charge is 0.350 e. The summed E-state index contributed by atoms with van der Waals surface area (Å²) in [5.41, 5.74) is 3.23. The van der Waals surface area contributed by atoms with E-state index < -0.39 is 0 Å². The maximum absolute atomic E-state index is 12.5. The third-order valence-corrected chi connectivity index (χ3v) is 5.55. The van der Waals surface area contributed by atoms with Crippen LogP contribution in [0.4, 0.5) is 0 Å². The summed E-state index contributed by atoms with van der Waals surface area (Å²) in [4.78, 5) is 23.6. The van der Waals surface area contributed by atoms with Crippen molar-refractivity contribution in [3.05, 3.63) is 59.7 Å². The van der Waals surface area contributed by atoms with Crippen LogP contribution in [0.1, 0.15) is 42.1 Å². The van der Waals surface area contributed by atoms with Gasteiger partial charge in [0.15, 0.2) is 0 Å². The van der Waals surface area contributed by atoms with E-state index >= 15 is 0 Å². The third kappa shape index (κ3) is 3.42. The zero-order valence-electron chi connectivity index (χ0n) is 14.6. The minimum absolute atomic E-state index is 0.0343. The Balaban J connectivity index is 1.39. The lowest BCUT2D eigenvalue weighted by molar-refractivity contribution is -0.121. The standard InChI is InChI=1S/C20H24N4O/c1-15-3-2-4-17(22-15)14-24-11-7-20(8-12-24)13-18(19(25)23-20)16-5-9-21-10-6-16/h2-6,9-10,18H,7-8,11-14H2,1H3,(H,23,25)/t18-/m1/s1. The molecule has 0 radical (unpaired) electrons. The topological polar surface area (TPSA) is 58.1 Å². The number of rotatable bonds is 3. The number of aromatic nitrogens is 2. The van der Waals surface area contributed by atoms with Crippen molar-refractivity contribution in [2.24, 2.45) is 0 Å². The van der Waals surface area contributed by atoms with Crippen molar-refractivity contribution in [2.75, 3.05) is 13.1 Å². The number of pyridine rings is 2. The number of nitrogens with zero attached hydrogens (tertiary/aromatic N) is 3. The number of hydrogen-bond donors (Lipinski definition) is 1. The summed E-state index contributed by atoms with van der Waals surface area (Å²) < 4.78 is 0. The molecule has 4 rings (SSSR count). The van der Waals surface area contributed by atoms with Gasteiger partial charge in [-0.1, -0.05) is 6.07 Å². The summed E-state index contributed by atoms with van der Waals surface area (Å²) >= 11 is 0. The van der Waals surface area contributed by atoms with Crippen LogP contribution in [-0.4, -0.2) is 39.4 Å². The van der Waals surface area contributed by atoms with Crippen LogP contribution in [0.5, 0.6) is 0 Å². The second kappa shape index (κ2) is 6.56. The highest BCUT2D eigenvalue weighted by atomic mass is 16.2. The van der Waals surface area contributed by atoms with Crippen molar-refractivity contribution in [2.45, 2.75) is 44.2 Å². The van der Waals surface area contributed by atoms with Gasteiger partial charge in [0, 0.05) is 43.3 Å². The summed E-state index contributed by atoms with van der Waals surface area (Å²) in [6.07, 6.45) is 6.45. The van der Waals surface area contributed by atoms with E-state index in [1.54, 1.807) is 12.4 Å². The molecule has 1 spiro atoms. The van der Waals surface area contributed by atoms with E-state index in [2.05, 4.69) is 32.3 Å². The lowest BCUT2D eigenvalue weighted by atomic mass is 9.82. The quantitative estimate of drug-likeness (QED) is 0.935. The van der Waals surface area contributed by atoms with E-state index in [1.165, 1.54) is 0 Å². The molecule has 0 aliphatic carbocycles. The molecular formula is C20H24N4O. The number of carbonyl (C=O) groups is 1. The second-order valence-electron chi connectivity index (χ2n) is 7.35. The van der Waals surface area contributed by atoms with Gasteiger partial charge in [-0.3, -0.25) is 19.7 Å². The molecular weight excluding hydrogens is 312 g/mol. The van der Waals surface area contributed by atoms with Crippen molar-refractivity contribution in [1.29, 1.82) is 0 Å². The summed E-state index contributed by atoms with van der Waals surface area (Å²) in [7, 11) is 0. The maximum atomic E-state index is 12.5. The van der Waals surface area contributed by atoms with Gasteiger partial charge in [-0.2, -0.15) is 0 Å². The van der Waals surface area contributed by atoms with Crippen LogP contribution >= 0.6 is 0 Å². The first-order valence-electron chi connectivity index (χ1n) is 9.00. The first-order chi connectivity index (χ1) is 12.1. The number of nitrogens with one attached hydrogen (secondary N) is 1. The predicted octanol–water partition coefficient (Wildman–Crippen LogP) is 2.42. The van der Waals surface area contributed by atoms with E-state index in [4.69, 9.17) is 0 Å². The third-order valence-electron chi connectivity index (χ3n) is 5.55. The van der Waals surface area contributed by atoms with Crippen molar-refractivity contribution >= 4 is 5.91 Å². The van der Waals surface area contributed by atoms with E-state index in [-0.39, 0.29) is 17.4 Å². The maximum Gasteiger partial charge on any atom is 0.228 e. The Morgan fingerprint density at radius 2 is 1.96 bits per heavy atom. The summed E-state index contributed by atoms with van der Waals surface area (Å²) in [5, 5.41) is 3.31. The molecule has 1 N–H and O–H groups in total. The molecule has 0 bridgehead atoms. The Hall–Kier alpha value is -2.27. The van der Waals surface area contributed by atoms with Gasteiger partial charge in [-0.25, -0.2) is 0 Å². The van der Waals surface area contributed by atoms with Gasteiger partial charge in [0.2, 0.25) is 5.91 Å². The first kappa shape index (κ1) is 16.2. The molecule has 2 aromatic heterocycles. The Bertz CT molecular complexity index is 753. The SMILES string of the molecule is Cc1cccc(CN2CCC3(CC2)C[C@H](c2ccncc2)C(=O)N3)n1. The van der Waals surface area contributed by atoms with Gasteiger partial charge in [0.25, 0.3) is 0 Å². The van der Waals surface area contributed by atoms with Gasteiger partial charge in [-0.05, 0) is 56.0 Å². The Kier molecular flexibility index (Phi) is 4.25. The fourth-order valence-corrected chi connectivity index (χ4v) is 4.13. The van der Waals surface area contributed by atoms with Crippen LogP contribution < -0.4 is 5.32 Å².